The maximum Gasteiger partial charge on any atom is -0.00804 e. The Bertz CT molecular complexity index is 10.8. The fourth-order valence-corrected chi connectivity index (χ4v) is 0. The zero-order valence-electron chi connectivity index (χ0n) is 4.02. The molecule has 0 aromatic carbocycles. The van der Waals surface area contributed by atoms with Gasteiger partial charge in [0.2, 0.25) is 0 Å². The van der Waals surface area contributed by atoms with Crippen molar-refractivity contribution in [1.29, 1.82) is 0 Å². The van der Waals surface area contributed by atoms with E-state index in [1.165, 1.54) is 0 Å². The first-order chi connectivity index (χ1) is 1.91. The standard InChI is InChI=1S/C3H9N.2ClH/c1-3-4-2;;/h4H,3H2,1-2H3;2*1H. The van der Waals surface area contributed by atoms with Crippen molar-refractivity contribution in [2.45, 2.75) is 6.92 Å². The van der Waals surface area contributed by atoms with Crippen LogP contribution in [0.1, 0.15) is 6.92 Å². The molecule has 0 aliphatic carbocycles. The molecule has 0 atom stereocenters. The van der Waals surface area contributed by atoms with Crippen molar-refractivity contribution in [3.63, 3.8) is 0 Å². The number of hydrogen-bond acceptors (Lipinski definition) is 1. The predicted octanol–water partition coefficient (Wildman–Crippen LogP) is 1.07. The Balaban J connectivity index is -0.0000000450. The topological polar surface area (TPSA) is 12.0 Å². The second-order valence-corrected chi connectivity index (χ2v) is 0.707. The number of halogens is 2. The summed E-state index contributed by atoms with van der Waals surface area (Å²) >= 11 is 0. The number of nitrogens with one attached hydrogen (secondary N) is 1. The molecule has 0 heterocycles. The van der Waals surface area contributed by atoms with E-state index in [4.69, 9.17) is 0 Å². The highest BCUT2D eigenvalue weighted by molar-refractivity contribution is 5.85. The summed E-state index contributed by atoms with van der Waals surface area (Å²) in [5.41, 5.74) is 0. The van der Waals surface area contributed by atoms with Crippen LogP contribution in [0.3, 0.4) is 0 Å². The summed E-state index contributed by atoms with van der Waals surface area (Å²) in [4.78, 5) is 0. The van der Waals surface area contributed by atoms with E-state index in [-0.39, 0.29) is 24.8 Å². The number of rotatable bonds is 1. The molecule has 0 saturated carbocycles. The van der Waals surface area contributed by atoms with Crippen LogP contribution in [0.25, 0.3) is 0 Å². The Kier molecular flexibility index (Phi) is 47.2. The van der Waals surface area contributed by atoms with Crippen LogP contribution < -0.4 is 5.32 Å². The van der Waals surface area contributed by atoms with Gasteiger partial charge in [0.25, 0.3) is 0 Å². The van der Waals surface area contributed by atoms with Crippen LogP contribution in [0.2, 0.25) is 0 Å². The first-order valence-electron chi connectivity index (χ1n) is 1.56. The Labute approximate surface area is 51.3 Å². The van der Waals surface area contributed by atoms with Gasteiger partial charge in [-0.3, -0.25) is 0 Å². The Morgan fingerprint density at radius 3 is 1.50 bits per heavy atom. The number of hydrogen-bond donors (Lipinski definition) is 1. The summed E-state index contributed by atoms with van der Waals surface area (Å²) in [6, 6.07) is 0. The van der Waals surface area contributed by atoms with Crippen LogP contribution in [0, 0.1) is 0 Å². The van der Waals surface area contributed by atoms with E-state index in [1.54, 1.807) is 0 Å². The maximum absolute atomic E-state index is 2.93. The van der Waals surface area contributed by atoms with Crippen LogP contribution in [-0.2, 0) is 0 Å². The van der Waals surface area contributed by atoms with Crippen molar-refractivity contribution in [2.24, 2.45) is 0 Å². The van der Waals surface area contributed by atoms with E-state index in [2.05, 4.69) is 12.2 Å². The molecule has 0 bridgehead atoms. The Morgan fingerprint density at radius 1 is 1.33 bits per heavy atom. The minimum absolute atomic E-state index is 0. The third-order valence-corrected chi connectivity index (χ3v) is 0.354. The lowest BCUT2D eigenvalue weighted by atomic mass is 10.8. The SMILES string of the molecule is CCNC.Cl.Cl. The zero-order valence-corrected chi connectivity index (χ0v) is 5.66. The molecule has 1 nitrogen and oxygen atoms in total. The minimum Gasteiger partial charge on any atom is -0.320 e. The molecule has 0 aliphatic rings. The first kappa shape index (κ1) is 16.0. The Hall–Kier alpha value is 0.540. The molecule has 0 unspecified atom stereocenters. The van der Waals surface area contributed by atoms with Crippen LogP contribution >= 0.6 is 24.8 Å². The molecule has 42 valence electrons. The van der Waals surface area contributed by atoms with E-state index in [1.807, 2.05) is 7.05 Å². The van der Waals surface area contributed by atoms with E-state index in [0.29, 0.717) is 0 Å². The smallest absolute Gasteiger partial charge is 0.00804 e. The molecule has 0 aromatic heterocycles. The van der Waals surface area contributed by atoms with Gasteiger partial charge in [-0.05, 0) is 13.6 Å². The second-order valence-electron chi connectivity index (χ2n) is 0.707. The average molecular weight is 132 g/mol. The molecule has 0 spiro atoms. The lowest BCUT2D eigenvalue weighted by Crippen LogP contribution is -2.01. The van der Waals surface area contributed by atoms with E-state index < -0.39 is 0 Å². The quantitative estimate of drug-likeness (QED) is 0.562. The molecule has 1 N–H and O–H groups in total. The van der Waals surface area contributed by atoms with Gasteiger partial charge in [-0.1, -0.05) is 6.92 Å². The zero-order chi connectivity index (χ0) is 3.41. The van der Waals surface area contributed by atoms with Gasteiger partial charge in [0.1, 0.15) is 0 Å². The van der Waals surface area contributed by atoms with E-state index in [0.717, 1.165) is 6.54 Å². The second kappa shape index (κ2) is 17.7. The molecule has 3 heteroatoms. The average Bonchev–Trinajstić information content (AvgIpc) is 1.37. The molecule has 0 aromatic rings. The molecule has 0 fully saturated rings. The molecule has 0 rings (SSSR count). The molecule has 6 heavy (non-hydrogen) atoms. The van der Waals surface area contributed by atoms with Gasteiger partial charge in [-0.2, -0.15) is 0 Å². The normalized spacial score (nSPS) is 5.00. The molecular formula is C3H11Cl2N. The molecule has 0 radical (unpaired) electrons. The summed E-state index contributed by atoms with van der Waals surface area (Å²) < 4.78 is 0. The highest BCUT2D eigenvalue weighted by Gasteiger charge is 1.50. The van der Waals surface area contributed by atoms with Crippen molar-refractivity contribution in [2.75, 3.05) is 13.6 Å². The Morgan fingerprint density at radius 2 is 1.50 bits per heavy atom. The fourth-order valence-electron chi connectivity index (χ4n) is 0. The van der Waals surface area contributed by atoms with Crippen LogP contribution in [0.4, 0.5) is 0 Å². The van der Waals surface area contributed by atoms with Crippen molar-refractivity contribution in [3.05, 3.63) is 0 Å². The monoisotopic (exact) mass is 131 g/mol. The lowest BCUT2D eigenvalue weighted by molar-refractivity contribution is 0.864. The van der Waals surface area contributed by atoms with Crippen molar-refractivity contribution in [1.82, 2.24) is 5.32 Å². The summed E-state index contributed by atoms with van der Waals surface area (Å²) in [6.45, 7) is 3.14. The van der Waals surface area contributed by atoms with Crippen LogP contribution in [0.15, 0.2) is 0 Å². The van der Waals surface area contributed by atoms with Gasteiger partial charge in [-0.25, -0.2) is 0 Å². The first-order valence-corrected chi connectivity index (χ1v) is 1.56. The highest BCUT2D eigenvalue weighted by atomic mass is 35.5. The third kappa shape index (κ3) is 24.0. The van der Waals surface area contributed by atoms with Gasteiger partial charge in [-0.15, -0.1) is 24.8 Å². The molecule has 0 amide bonds. The van der Waals surface area contributed by atoms with Gasteiger partial charge in [0.15, 0.2) is 0 Å². The van der Waals surface area contributed by atoms with E-state index in [9.17, 15) is 0 Å². The summed E-state index contributed by atoms with van der Waals surface area (Å²) in [5.74, 6) is 0. The summed E-state index contributed by atoms with van der Waals surface area (Å²) in [7, 11) is 1.93. The van der Waals surface area contributed by atoms with Gasteiger partial charge in [0, 0.05) is 0 Å². The van der Waals surface area contributed by atoms with Gasteiger partial charge >= 0.3 is 0 Å². The van der Waals surface area contributed by atoms with Gasteiger partial charge in [0.05, 0.1) is 0 Å². The van der Waals surface area contributed by atoms with E-state index >= 15 is 0 Å². The minimum atomic E-state index is 0. The van der Waals surface area contributed by atoms with Crippen LogP contribution in [-0.4, -0.2) is 13.6 Å². The molecule has 0 aliphatic heterocycles. The van der Waals surface area contributed by atoms with Crippen molar-refractivity contribution in [3.8, 4) is 0 Å². The maximum atomic E-state index is 2.93. The molecule has 0 saturated heterocycles. The summed E-state index contributed by atoms with van der Waals surface area (Å²) in [5, 5.41) is 2.93. The van der Waals surface area contributed by atoms with Crippen LogP contribution in [0.5, 0.6) is 0 Å². The predicted molar refractivity (Wildman–Crippen MR) is 34.1 cm³/mol. The summed E-state index contributed by atoms with van der Waals surface area (Å²) in [6.07, 6.45) is 0. The highest BCUT2D eigenvalue weighted by Crippen LogP contribution is 1.34. The molecular weight excluding hydrogens is 121 g/mol. The van der Waals surface area contributed by atoms with Crippen molar-refractivity contribution >= 4 is 24.8 Å². The lowest BCUT2D eigenvalue weighted by Gasteiger charge is -1.76. The third-order valence-electron chi connectivity index (χ3n) is 0.354. The largest absolute Gasteiger partial charge is 0.320 e. The van der Waals surface area contributed by atoms with Crippen molar-refractivity contribution < 1.29 is 0 Å². The fraction of sp³-hybridized carbons (Fsp3) is 1.00. The van der Waals surface area contributed by atoms with Gasteiger partial charge < -0.3 is 5.32 Å².